The van der Waals surface area contributed by atoms with Gasteiger partial charge in [0.1, 0.15) is 0 Å². The highest BCUT2D eigenvalue weighted by Crippen LogP contribution is 2.29. The quantitative estimate of drug-likeness (QED) is 0.699. The van der Waals surface area contributed by atoms with Crippen molar-refractivity contribution >= 4 is 11.6 Å². The largest absolute Gasteiger partial charge is 0.416 e. The van der Waals surface area contributed by atoms with Crippen LogP contribution in [-0.4, -0.2) is 16.6 Å². The maximum atomic E-state index is 12.4. The van der Waals surface area contributed by atoms with E-state index in [0.717, 1.165) is 29.8 Å². The van der Waals surface area contributed by atoms with Gasteiger partial charge in [0.15, 0.2) is 0 Å². The van der Waals surface area contributed by atoms with E-state index in [1.807, 2.05) is 0 Å². The number of carbonyl (C=O) groups is 1. The van der Waals surface area contributed by atoms with Gasteiger partial charge < -0.3 is 0 Å². The molecule has 0 saturated carbocycles. The van der Waals surface area contributed by atoms with E-state index in [1.54, 1.807) is 31.5 Å². The third kappa shape index (κ3) is 3.91. The maximum absolute atomic E-state index is 12.4. The Balaban J connectivity index is 2.07. The number of hydrogen-bond acceptors (Lipinski definition) is 3. The SMILES string of the molecule is CC(=NNC(=O)c1ccc(C(F)(F)F)cc1)c1ccncc1. The van der Waals surface area contributed by atoms with Crippen molar-refractivity contribution in [2.45, 2.75) is 13.1 Å². The molecule has 114 valence electrons. The summed E-state index contributed by atoms with van der Waals surface area (Å²) in [6.45, 7) is 1.70. The van der Waals surface area contributed by atoms with Gasteiger partial charge in [-0.25, -0.2) is 5.43 Å². The summed E-state index contributed by atoms with van der Waals surface area (Å²) in [5.41, 5.74) is 2.93. The number of nitrogens with one attached hydrogen (secondary N) is 1. The van der Waals surface area contributed by atoms with Gasteiger partial charge in [-0.15, -0.1) is 0 Å². The summed E-state index contributed by atoms with van der Waals surface area (Å²) in [6.07, 6.45) is -1.25. The molecule has 0 saturated heterocycles. The van der Waals surface area contributed by atoms with E-state index in [1.165, 1.54) is 0 Å². The molecule has 0 spiro atoms. The number of benzene rings is 1. The lowest BCUT2D eigenvalue weighted by Gasteiger charge is -2.07. The van der Waals surface area contributed by atoms with Gasteiger partial charge in [-0.05, 0) is 43.3 Å². The first-order valence-electron chi connectivity index (χ1n) is 6.30. The van der Waals surface area contributed by atoms with Gasteiger partial charge >= 0.3 is 6.18 Å². The number of amides is 1. The molecule has 7 heteroatoms. The van der Waals surface area contributed by atoms with Crippen LogP contribution in [-0.2, 0) is 6.18 Å². The minimum atomic E-state index is -4.43. The Labute approximate surface area is 124 Å². The van der Waals surface area contributed by atoms with Crippen LogP contribution in [0.25, 0.3) is 0 Å². The fourth-order valence-corrected chi connectivity index (χ4v) is 1.67. The Morgan fingerprint density at radius 2 is 1.64 bits per heavy atom. The van der Waals surface area contributed by atoms with Crippen molar-refractivity contribution in [2.24, 2.45) is 5.10 Å². The lowest BCUT2D eigenvalue weighted by molar-refractivity contribution is -0.137. The summed E-state index contributed by atoms with van der Waals surface area (Å²) < 4.78 is 37.3. The van der Waals surface area contributed by atoms with Crippen molar-refractivity contribution in [1.29, 1.82) is 0 Å². The Hall–Kier alpha value is -2.70. The number of aromatic nitrogens is 1. The molecule has 1 aromatic heterocycles. The summed E-state index contributed by atoms with van der Waals surface area (Å²) >= 11 is 0. The molecule has 2 rings (SSSR count). The highest BCUT2D eigenvalue weighted by atomic mass is 19.4. The van der Waals surface area contributed by atoms with Crippen LogP contribution in [0.5, 0.6) is 0 Å². The van der Waals surface area contributed by atoms with Gasteiger partial charge in [0.25, 0.3) is 5.91 Å². The van der Waals surface area contributed by atoms with Crippen molar-refractivity contribution < 1.29 is 18.0 Å². The lowest BCUT2D eigenvalue weighted by Crippen LogP contribution is -2.19. The number of rotatable bonds is 3. The first-order valence-corrected chi connectivity index (χ1v) is 6.30. The second-order valence-electron chi connectivity index (χ2n) is 4.45. The van der Waals surface area contributed by atoms with E-state index in [-0.39, 0.29) is 5.56 Å². The van der Waals surface area contributed by atoms with E-state index < -0.39 is 17.6 Å². The van der Waals surface area contributed by atoms with Crippen LogP contribution in [0, 0.1) is 0 Å². The van der Waals surface area contributed by atoms with Gasteiger partial charge in [-0.2, -0.15) is 18.3 Å². The van der Waals surface area contributed by atoms with E-state index in [2.05, 4.69) is 15.5 Å². The molecular formula is C15H12F3N3O. The van der Waals surface area contributed by atoms with E-state index in [0.29, 0.717) is 5.71 Å². The van der Waals surface area contributed by atoms with Crippen molar-refractivity contribution in [3.05, 3.63) is 65.5 Å². The summed E-state index contributed by atoms with van der Waals surface area (Å²) in [5.74, 6) is -0.581. The van der Waals surface area contributed by atoms with Gasteiger partial charge in [-0.1, -0.05) is 0 Å². The zero-order valence-electron chi connectivity index (χ0n) is 11.6. The van der Waals surface area contributed by atoms with Crippen LogP contribution >= 0.6 is 0 Å². The summed E-state index contributed by atoms with van der Waals surface area (Å²) in [7, 11) is 0. The molecule has 22 heavy (non-hydrogen) atoms. The van der Waals surface area contributed by atoms with Gasteiger partial charge in [0.05, 0.1) is 11.3 Å². The molecule has 0 aliphatic carbocycles. The molecule has 1 aromatic carbocycles. The van der Waals surface area contributed by atoms with Crippen molar-refractivity contribution in [2.75, 3.05) is 0 Å². The Kier molecular flexibility index (Phi) is 4.55. The Morgan fingerprint density at radius 1 is 1.05 bits per heavy atom. The summed E-state index contributed by atoms with van der Waals surface area (Å²) in [6, 6.07) is 7.37. The highest BCUT2D eigenvalue weighted by Gasteiger charge is 2.30. The van der Waals surface area contributed by atoms with Crippen molar-refractivity contribution in [1.82, 2.24) is 10.4 Å². The molecule has 1 heterocycles. The Morgan fingerprint density at radius 3 is 2.18 bits per heavy atom. The van der Waals surface area contributed by atoms with Crippen LogP contribution in [0.3, 0.4) is 0 Å². The number of halogens is 3. The first-order chi connectivity index (χ1) is 10.4. The highest BCUT2D eigenvalue weighted by molar-refractivity contribution is 6.00. The number of hydrazone groups is 1. The smallest absolute Gasteiger partial charge is 0.267 e. The van der Waals surface area contributed by atoms with E-state index >= 15 is 0 Å². The maximum Gasteiger partial charge on any atom is 0.416 e. The molecule has 0 atom stereocenters. The lowest BCUT2D eigenvalue weighted by atomic mass is 10.1. The van der Waals surface area contributed by atoms with Crippen LogP contribution in [0.2, 0.25) is 0 Å². The molecule has 0 radical (unpaired) electrons. The van der Waals surface area contributed by atoms with Gasteiger partial charge in [0.2, 0.25) is 0 Å². The summed E-state index contributed by atoms with van der Waals surface area (Å²) in [5, 5.41) is 3.91. The number of hydrogen-bond donors (Lipinski definition) is 1. The zero-order chi connectivity index (χ0) is 16.2. The summed E-state index contributed by atoms with van der Waals surface area (Å²) in [4.78, 5) is 15.7. The molecule has 2 aromatic rings. The average Bonchev–Trinajstić information content (AvgIpc) is 2.52. The zero-order valence-corrected chi connectivity index (χ0v) is 11.6. The third-order valence-electron chi connectivity index (χ3n) is 2.90. The molecule has 0 bridgehead atoms. The molecule has 0 aliphatic rings. The average molecular weight is 307 g/mol. The molecule has 1 amide bonds. The monoisotopic (exact) mass is 307 g/mol. The second-order valence-corrected chi connectivity index (χ2v) is 4.45. The fourth-order valence-electron chi connectivity index (χ4n) is 1.67. The van der Waals surface area contributed by atoms with Crippen LogP contribution in [0.1, 0.15) is 28.4 Å². The molecular weight excluding hydrogens is 295 g/mol. The third-order valence-corrected chi connectivity index (χ3v) is 2.90. The van der Waals surface area contributed by atoms with Crippen molar-refractivity contribution in [3.63, 3.8) is 0 Å². The molecule has 0 unspecified atom stereocenters. The molecule has 0 fully saturated rings. The van der Waals surface area contributed by atoms with Crippen LogP contribution < -0.4 is 5.43 Å². The predicted octanol–water partition coefficient (Wildman–Crippen LogP) is 3.25. The van der Waals surface area contributed by atoms with Gasteiger partial charge in [0, 0.05) is 23.5 Å². The molecule has 1 N–H and O–H groups in total. The minimum absolute atomic E-state index is 0.0966. The topological polar surface area (TPSA) is 54.4 Å². The number of pyridine rings is 1. The first kappa shape index (κ1) is 15.7. The normalized spacial score (nSPS) is 12.1. The van der Waals surface area contributed by atoms with Gasteiger partial charge in [-0.3, -0.25) is 9.78 Å². The fraction of sp³-hybridized carbons (Fsp3) is 0.133. The van der Waals surface area contributed by atoms with E-state index in [9.17, 15) is 18.0 Å². The molecule has 4 nitrogen and oxygen atoms in total. The van der Waals surface area contributed by atoms with E-state index in [4.69, 9.17) is 0 Å². The number of alkyl halides is 3. The Bertz CT molecular complexity index is 679. The number of carbonyl (C=O) groups excluding carboxylic acids is 1. The second kappa shape index (κ2) is 6.38. The van der Waals surface area contributed by atoms with Crippen molar-refractivity contribution in [3.8, 4) is 0 Å². The number of nitrogens with zero attached hydrogens (tertiary/aromatic N) is 2. The van der Waals surface area contributed by atoms with Crippen LogP contribution in [0.15, 0.2) is 53.9 Å². The standard InChI is InChI=1S/C15H12F3N3O/c1-10(11-6-8-19-9-7-11)20-21-14(22)12-2-4-13(5-3-12)15(16,17)18/h2-9H,1H3,(H,21,22). The molecule has 0 aliphatic heterocycles. The predicted molar refractivity (Wildman–Crippen MR) is 75.4 cm³/mol. The minimum Gasteiger partial charge on any atom is -0.267 e. The van der Waals surface area contributed by atoms with Crippen LogP contribution in [0.4, 0.5) is 13.2 Å².